The zero-order valence-electron chi connectivity index (χ0n) is 14.7. The van der Waals surface area contributed by atoms with Gasteiger partial charge in [-0.3, -0.25) is 0 Å². The molecule has 0 saturated carbocycles. The number of hydrogen-bond acceptors (Lipinski definition) is 10. The van der Waals surface area contributed by atoms with Gasteiger partial charge in [0.1, 0.15) is 23.8 Å². The summed E-state index contributed by atoms with van der Waals surface area (Å²) in [5.74, 6) is 1.27. The van der Waals surface area contributed by atoms with E-state index in [0.29, 0.717) is 34.9 Å². The molecule has 1 atom stereocenters. The lowest BCUT2D eigenvalue weighted by atomic mass is 10.3. The van der Waals surface area contributed by atoms with Gasteiger partial charge in [0.15, 0.2) is 17.3 Å². The van der Waals surface area contributed by atoms with Gasteiger partial charge in [-0.1, -0.05) is 0 Å². The van der Waals surface area contributed by atoms with Gasteiger partial charge in [-0.2, -0.15) is 5.10 Å². The third-order valence-electron chi connectivity index (χ3n) is 3.74. The molecule has 0 bridgehead atoms. The number of nitrogen functional groups attached to an aromatic ring is 2. The van der Waals surface area contributed by atoms with Crippen LogP contribution in [0.15, 0.2) is 24.5 Å². The van der Waals surface area contributed by atoms with Crippen LogP contribution in [-0.2, 0) is 4.79 Å². The third-order valence-corrected chi connectivity index (χ3v) is 3.74. The molecule has 11 heteroatoms. The van der Waals surface area contributed by atoms with Crippen molar-refractivity contribution in [2.45, 2.75) is 13.0 Å². The number of nitrogens with one attached hydrogen (secondary N) is 3. The summed E-state index contributed by atoms with van der Waals surface area (Å²) in [6, 6.07) is 2.51. The highest BCUT2D eigenvalue weighted by Gasteiger charge is 2.14. The molecule has 3 rings (SSSR count). The molecule has 0 saturated heterocycles. The van der Waals surface area contributed by atoms with Crippen LogP contribution in [0.1, 0.15) is 6.92 Å². The molecular weight excluding hydrogens is 350 g/mol. The van der Waals surface area contributed by atoms with E-state index in [1.54, 1.807) is 16.9 Å². The van der Waals surface area contributed by atoms with Crippen LogP contribution in [0.25, 0.3) is 5.65 Å². The van der Waals surface area contributed by atoms with Gasteiger partial charge in [0.25, 0.3) is 0 Å². The Morgan fingerprint density at radius 3 is 2.78 bits per heavy atom. The molecule has 11 nitrogen and oxygen atoms in total. The Kier molecular flexibility index (Phi) is 5.22. The highest BCUT2D eigenvalue weighted by molar-refractivity contribution is 5.82. The van der Waals surface area contributed by atoms with Crippen LogP contribution in [0.5, 0.6) is 0 Å². The molecule has 3 aromatic rings. The number of carbonyl (C=O) groups is 1. The molecule has 0 aliphatic rings. The van der Waals surface area contributed by atoms with Gasteiger partial charge < -0.3 is 37.3 Å². The molecule has 0 spiro atoms. The van der Waals surface area contributed by atoms with Crippen molar-refractivity contribution in [3.05, 3.63) is 24.5 Å². The molecule has 0 aliphatic heterocycles. The lowest BCUT2D eigenvalue weighted by Gasteiger charge is -2.15. The van der Waals surface area contributed by atoms with E-state index < -0.39 is 6.04 Å². The first-order valence-electron chi connectivity index (χ1n) is 8.29. The fourth-order valence-electron chi connectivity index (χ4n) is 2.42. The predicted molar refractivity (Wildman–Crippen MR) is 104 cm³/mol. The molecule has 0 fully saturated rings. The minimum atomic E-state index is -0.822. The number of aliphatic hydroxyl groups is 1. The summed E-state index contributed by atoms with van der Waals surface area (Å²) < 4.78 is 1.62. The summed E-state index contributed by atoms with van der Waals surface area (Å²) in [5.41, 5.74) is 13.7. The number of hydrogen-bond donors (Lipinski definition) is 6. The lowest BCUT2D eigenvalue weighted by Crippen LogP contribution is -2.26. The minimum absolute atomic E-state index is 0.232. The minimum Gasteiger partial charge on any atom is -0.396 e. The normalized spacial score (nSPS) is 11.9. The van der Waals surface area contributed by atoms with Crippen LogP contribution in [0, 0.1) is 0 Å². The third kappa shape index (κ3) is 3.82. The number of nitrogens with two attached hydrogens (primary N) is 2. The number of pyridine rings is 1. The molecule has 0 radical (unpaired) electrons. The van der Waals surface area contributed by atoms with E-state index in [0.717, 1.165) is 6.54 Å². The van der Waals surface area contributed by atoms with Crippen molar-refractivity contribution in [2.24, 2.45) is 0 Å². The molecule has 27 heavy (non-hydrogen) atoms. The second-order valence-corrected chi connectivity index (χ2v) is 5.73. The summed E-state index contributed by atoms with van der Waals surface area (Å²) in [6.07, 6.45) is 3.96. The number of carbonyl (C=O) groups excluding carboxylic acids is 1. The van der Waals surface area contributed by atoms with Gasteiger partial charge in [-0.25, -0.2) is 14.5 Å². The Bertz CT molecular complexity index is 956. The van der Waals surface area contributed by atoms with Crippen molar-refractivity contribution < 1.29 is 9.90 Å². The van der Waals surface area contributed by atoms with Crippen molar-refractivity contribution in [3.63, 3.8) is 0 Å². The molecule has 0 amide bonds. The van der Waals surface area contributed by atoms with Crippen LogP contribution < -0.4 is 27.4 Å². The van der Waals surface area contributed by atoms with Crippen LogP contribution in [-0.4, -0.2) is 50.2 Å². The Hall–Kier alpha value is -3.60. The number of aromatic nitrogens is 4. The van der Waals surface area contributed by atoms with Crippen LogP contribution in [0.4, 0.5) is 34.5 Å². The average molecular weight is 371 g/mol. The monoisotopic (exact) mass is 371 g/mol. The van der Waals surface area contributed by atoms with Crippen LogP contribution in [0.3, 0.4) is 0 Å². The lowest BCUT2D eigenvalue weighted by molar-refractivity contribution is -0.109. The van der Waals surface area contributed by atoms with Gasteiger partial charge in [-0.05, 0) is 19.1 Å². The Labute approximate surface area is 154 Å². The number of aliphatic hydroxyl groups excluding tert-OH is 1. The van der Waals surface area contributed by atoms with E-state index in [4.69, 9.17) is 16.6 Å². The summed E-state index contributed by atoms with van der Waals surface area (Å²) in [6.45, 7) is 2.33. The van der Waals surface area contributed by atoms with Gasteiger partial charge in [0.05, 0.1) is 24.2 Å². The molecule has 3 heterocycles. The first-order valence-corrected chi connectivity index (χ1v) is 8.29. The maximum absolute atomic E-state index is 10.9. The number of aldehydes is 1. The van der Waals surface area contributed by atoms with Gasteiger partial charge in [0, 0.05) is 12.7 Å². The maximum atomic E-state index is 10.9. The molecule has 1 unspecified atom stereocenters. The maximum Gasteiger partial charge on any atom is 0.180 e. The second kappa shape index (κ2) is 7.74. The summed E-state index contributed by atoms with van der Waals surface area (Å²) in [7, 11) is 0. The van der Waals surface area contributed by atoms with Crippen LogP contribution in [0.2, 0.25) is 0 Å². The Morgan fingerprint density at radius 2 is 2.07 bits per heavy atom. The molecule has 0 aromatic carbocycles. The fourth-order valence-corrected chi connectivity index (χ4v) is 2.42. The van der Waals surface area contributed by atoms with E-state index in [-0.39, 0.29) is 18.1 Å². The quantitative estimate of drug-likeness (QED) is 0.305. The summed E-state index contributed by atoms with van der Waals surface area (Å²) in [5, 5.41) is 22.4. The van der Waals surface area contributed by atoms with E-state index in [1.807, 2.05) is 13.0 Å². The topological polar surface area (TPSA) is 169 Å². The summed E-state index contributed by atoms with van der Waals surface area (Å²) in [4.78, 5) is 19.8. The van der Waals surface area contributed by atoms with Gasteiger partial charge >= 0.3 is 0 Å². The number of anilines is 6. The van der Waals surface area contributed by atoms with E-state index in [1.165, 1.54) is 6.07 Å². The average Bonchev–Trinajstić information content (AvgIpc) is 3.05. The standard InChI is InChI=1S/C16H21N9O2/c1-2-19-13-3-4-25-16(23-13)12(6-20-25)22-15-11(18)5-10(17)14(24-15)21-9(7-26)8-27/h3-7,9,27H,2,8,17-18H2,1H3,(H,19,23)(H2,21,22,24). The number of fused-ring (bicyclic) bond motifs is 1. The van der Waals surface area contributed by atoms with E-state index in [9.17, 15) is 4.79 Å². The van der Waals surface area contributed by atoms with Crippen molar-refractivity contribution in [1.82, 2.24) is 19.6 Å². The molecule has 8 N–H and O–H groups in total. The largest absolute Gasteiger partial charge is 0.396 e. The molecule has 0 aliphatic carbocycles. The first-order chi connectivity index (χ1) is 13.0. The molecule has 142 valence electrons. The van der Waals surface area contributed by atoms with E-state index in [2.05, 4.69) is 31.0 Å². The zero-order valence-corrected chi connectivity index (χ0v) is 14.7. The predicted octanol–water partition coefficient (Wildman–Crippen LogP) is 0.436. The zero-order chi connectivity index (χ0) is 19.4. The smallest absolute Gasteiger partial charge is 0.180 e. The highest BCUT2D eigenvalue weighted by Crippen LogP contribution is 2.29. The fraction of sp³-hybridized carbons (Fsp3) is 0.250. The SMILES string of the molecule is CCNc1ccn2ncc(Nc3nc(NC(C=O)CO)c(N)cc3N)c2n1. The van der Waals surface area contributed by atoms with Crippen molar-refractivity contribution in [3.8, 4) is 0 Å². The Morgan fingerprint density at radius 1 is 1.30 bits per heavy atom. The number of rotatable bonds is 8. The van der Waals surface area contributed by atoms with Crippen molar-refractivity contribution in [2.75, 3.05) is 40.6 Å². The summed E-state index contributed by atoms with van der Waals surface area (Å²) >= 11 is 0. The van der Waals surface area contributed by atoms with Crippen LogP contribution >= 0.6 is 0 Å². The number of nitrogens with zero attached hydrogens (tertiary/aromatic N) is 4. The van der Waals surface area contributed by atoms with E-state index >= 15 is 0 Å². The van der Waals surface area contributed by atoms with Crippen molar-refractivity contribution >= 4 is 46.4 Å². The molecular formula is C16H21N9O2. The molecule has 3 aromatic heterocycles. The first kappa shape index (κ1) is 18.2. The van der Waals surface area contributed by atoms with Crippen molar-refractivity contribution in [1.29, 1.82) is 0 Å². The van der Waals surface area contributed by atoms with Gasteiger partial charge in [0.2, 0.25) is 0 Å². The highest BCUT2D eigenvalue weighted by atomic mass is 16.3. The van der Waals surface area contributed by atoms with Gasteiger partial charge in [-0.15, -0.1) is 0 Å². The Balaban J connectivity index is 1.94. The second-order valence-electron chi connectivity index (χ2n) is 5.73.